The number of amides is 3. The average molecular weight is 623 g/mol. The number of unbranched alkanes of at least 4 members (excludes halogenated alkanes) is 3. The van der Waals surface area contributed by atoms with Gasteiger partial charge in [-0.05, 0) is 65.2 Å². The van der Waals surface area contributed by atoms with Crippen LogP contribution in [0.5, 0.6) is 0 Å². The highest BCUT2D eigenvalue weighted by Gasteiger charge is 2.48. The number of carbonyl (C=O) groups excluding carboxylic acids is 4. The third-order valence-corrected chi connectivity index (χ3v) is 6.99. The molecule has 2 aliphatic rings. The fourth-order valence-electron chi connectivity index (χ4n) is 4.81. The minimum Gasteiger partial charge on any atom is -0.464 e. The first-order valence-electron chi connectivity index (χ1n) is 14.4. The number of alkyl halides is 3. The molecule has 1 saturated carbocycles. The number of halogens is 3. The van der Waals surface area contributed by atoms with E-state index in [1.54, 1.807) is 33.0 Å². The van der Waals surface area contributed by atoms with Crippen LogP contribution < -0.4 is 10.6 Å². The van der Waals surface area contributed by atoms with Gasteiger partial charge >= 0.3 is 30.1 Å². The molecule has 6 atom stereocenters. The quantitative estimate of drug-likeness (QED) is 0.0989. The van der Waals surface area contributed by atoms with E-state index in [1.807, 2.05) is 12.2 Å². The molecule has 1 aliphatic heterocycles. The normalized spacial score (nSPS) is 23.4. The van der Waals surface area contributed by atoms with Crippen LogP contribution in [-0.4, -0.2) is 98.9 Å². The Morgan fingerprint density at radius 1 is 1.09 bits per heavy atom. The van der Waals surface area contributed by atoms with Crippen LogP contribution in [0.3, 0.4) is 0 Å². The number of hydrogen-bond acceptors (Lipinski definition) is 7. The lowest BCUT2D eigenvalue weighted by Crippen LogP contribution is -2.52. The highest BCUT2D eigenvalue weighted by molar-refractivity contribution is 5.90. The molecule has 5 N–H and O–H groups in total. The Morgan fingerprint density at radius 2 is 1.77 bits per heavy atom. The monoisotopic (exact) mass is 622 g/mol. The molecule has 0 spiro atoms. The summed E-state index contributed by atoms with van der Waals surface area (Å²) in [6, 6.07) is -3.48. The van der Waals surface area contributed by atoms with Crippen molar-refractivity contribution >= 4 is 29.8 Å². The van der Waals surface area contributed by atoms with Crippen molar-refractivity contribution in [2.24, 2.45) is 11.8 Å². The number of aliphatic hydroxyl groups excluding tert-OH is 2. The van der Waals surface area contributed by atoms with Gasteiger partial charge in [0.1, 0.15) is 17.7 Å². The van der Waals surface area contributed by atoms with Crippen LogP contribution in [0.15, 0.2) is 12.2 Å². The summed E-state index contributed by atoms with van der Waals surface area (Å²) in [5.41, 5.74) is -0.801. The Morgan fingerprint density at radius 3 is 2.35 bits per heavy atom. The molecule has 43 heavy (non-hydrogen) atoms. The van der Waals surface area contributed by atoms with Gasteiger partial charge in [0, 0.05) is 6.42 Å². The van der Waals surface area contributed by atoms with E-state index in [2.05, 4.69) is 5.32 Å². The first kappa shape index (κ1) is 35.8. The number of β-amino-alcohol motifs (C(OH)–C–C–N with tert-alkyl or cyclic N) is 1. The molecule has 3 amide bonds. The summed E-state index contributed by atoms with van der Waals surface area (Å²) in [5.74, 6) is -4.99. The SMILES string of the molecule is CCOC(=O)C(NC(=O)[C@@H]1C[C@@H](O)CN1C(=O)OC(C)(C)C)C1C[C@@H]1/C=C\CCCCC[C@H](NC(=O)C(F)(F)F)C(O)=[OH+]. The second kappa shape index (κ2) is 15.4. The van der Waals surface area contributed by atoms with Gasteiger partial charge in [-0.1, -0.05) is 25.0 Å². The molecule has 1 heterocycles. The molecule has 0 radical (unpaired) electrons. The minimum atomic E-state index is -5.13. The van der Waals surface area contributed by atoms with Gasteiger partial charge in [-0.15, -0.1) is 0 Å². The molecular weight excluding hydrogens is 579 g/mol. The molecule has 0 bridgehead atoms. The van der Waals surface area contributed by atoms with Gasteiger partial charge in [-0.2, -0.15) is 13.2 Å². The topological polar surface area (TPSA) is 176 Å². The van der Waals surface area contributed by atoms with E-state index >= 15 is 0 Å². The molecule has 2 unspecified atom stereocenters. The molecule has 244 valence electrons. The van der Waals surface area contributed by atoms with Crippen molar-refractivity contribution in [3.63, 3.8) is 0 Å². The Labute approximate surface area is 248 Å². The maximum atomic E-state index is 13.2. The number of carboxylic acid groups (broad SMARTS) is 1. The number of aliphatic carboxylic acids is 1. The Kier molecular flexibility index (Phi) is 12.8. The van der Waals surface area contributed by atoms with E-state index in [9.17, 15) is 37.5 Å². The Bertz CT molecular complexity index is 1040. The van der Waals surface area contributed by atoms with Gasteiger partial charge in [0.2, 0.25) is 5.91 Å². The fourth-order valence-corrected chi connectivity index (χ4v) is 4.81. The van der Waals surface area contributed by atoms with Gasteiger partial charge in [0.25, 0.3) is 0 Å². The van der Waals surface area contributed by atoms with Crippen LogP contribution in [0.4, 0.5) is 18.0 Å². The lowest BCUT2D eigenvalue weighted by atomic mass is 10.1. The van der Waals surface area contributed by atoms with E-state index in [-0.39, 0.29) is 37.8 Å². The van der Waals surface area contributed by atoms with Crippen molar-refractivity contribution in [1.29, 1.82) is 0 Å². The summed E-state index contributed by atoms with van der Waals surface area (Å²) in [6.45, 7) is 6.73. The highest BCUT2D eigenvalue weighted by atomic mass is 19.4. The third kappa shape index (κ3) is 11.7. The number of allylic oxidation sites excluding steroid dienone is 2. The molecule has 2 rings (SSSR count). The maximum absolute atomic E-state index is 13.2. The van der Waals surface area contributed by atoms with Gasteiger partial charge in [-0.3, -0.25) is 14.5 Å². The summed E-state index contributed by atoms with van der Waals surface area (Å²) in [6.07, 6.45) is -0.323. The fraction of sp³-hybridized carbons (Fsp3) is 0.750. The van der Waals surface area contributed by atoms with Gasteiger partial charge in [0.05, 0.1) is 19.3 Å². The maximum Gasteiger partial charge on any atom is 0.503 e. The summed E-state index contributed by atoms with van der Waals surface area (Å²) in [7, 11) is 0. The number of likely N-dealkylation sites (tertiary alicyclic amines) is 1. The number of esters is 1. The van der Waals surface area contributed by atoms with Gasteiger partial charge in [-0.25, -0.2) is 9.59 Å². The number of nitrogens with zero attached hydrogens (tertiary/aromatic N) is 1. The zero-order valence-electron chi connectivity index (χ0n) is 24.9. The van der Waals surface area contributed by atoms with Crippen LogP contribution in [0, 0.1) is 11.8 Å². The molecule has 15 heteroatoms. The molecular formula is C28H43F3N3O9+. The van der Waals surface area contributed by atoms with Crippen molar-refractivity contribution in [3.8, 4) is 0 Å². The highest BCUT2D eigenvalue weighted by Crippen LogP contribution is 2.43. The number of carbonyl (C=O) groups is 4. The van der Waals surface area contributed by atoms with Gasteiger partial charge < -0.3 is 35.1 Å². The number of nitrogens with one attached hydrogen (secondary N) is 2. The number of rotatable bonds is 14. The van der Waals surface area contributed by atoms with Crippen molar-refractivity contribution in [1.82, 2.24) is 15.5 Å². The van der Waals surface area contributed by atoms with Crippen LogP contribution in [0.2, 0.25) is 0 Å². The summed E-state index contributed by atoms with van der Waals surface area (Å²) in [4.78, 5) is 59.9. The van der Waals surface area contributed by atoms with E-state index < -0.39 is 65.9 Å². The van der Waals surface area contributed by atoms with Crippen molar-refractivity contribution in [3.05, 3.63) is 12.2 Å². The second-order valence-electron chi connectivity index (χ2n) is 11.8. The first-order chi connectivity index (χ1) is 19.9. The molecule has 0 aromatic heterocycles. The van der Waals surface area contributed by atoms with Crippen LogP contribution in [0.1, 0.15) is 72.6 Å². The van der Waals surface area contributed by atoms with E-state index in [1.165, 1.54) is 0 Å². The predicted molar refractivity (Wildman–Crippen MR) is 147 cm³/mol. The number of carboxylic acids is 1. The Balaban J connectivity index is 1.87. The number of aliphatic hydroxyl groups is 1. The molecule has 12 nitrogen and oxygen atoms in total. The zero-order chi connectivity index (χ0) is 32.5. The Hall–Kier alpha value is -3.36. The molecule has 2 fully saturated rings. The lowest BCUT2D eigenvalue weighted by molar-refractivity contribution is -0.174. The number of ether oxygens (including phenoxy) is 2. The second-order valence-corrected chi connectivity index (χ2v) is 11.8. The molecule has 0 aromatic carbocycles. The third-order valence-electron chi connectivity index (χ3n) is 6.99. The summed E-state index contributed by atoms with van der Waals surface area (Å²) >= 11 is 0. The van der Waals surface area contributed by atoms with Crippen LogP contribution in [-0.2, 0) is 23.9 Å². The van der Waals surface area contributed by atoms with Gasteiger partial charge in [0.15, 0.2) is 6.04 Å². The minimum absolute atomic E-state index is 0.0000180. The standard InChI is InChI=1S/C28H42F3N3O9/c1-5-42-24(39)21(33-22(36)20-14-17(35)15-34(20)26(41)43-27(2,3)4)18-13-16(18)11-9-7-6-8-10-12-19(23(37)38)32-25(40)28(29,30)31/h9,11,16-21,35H,5-8,10,12-15H2,1-4H3,(H,32,40)(H,33,36)(H,37,38)/p+1/b11-9-/t16-,17+,18?,19-,20-,21?/m0/s1. The summed E-state index contributed by atoms with van der Waals surface area (Å²) < 4.78 is 47.7. The molecule has 0 aromatic rings. The largest absolute Gasteiger partial charge is 0.503 e. The molecule has 1 aliphatic carbocycles. The number of hydrogen-bond donors (Lipinski definition) is 4. The average Bonchev–Trinajstić information content (AvgIpc) is 3.53. The molecule has 1 saturated heterocycles. The van der Waals surface area contributed by atoms with Crippen LogP contribution >= 0.6 is 0 Å². The van der Waals surface area contributed by atoms with Crippen molar-refractivity contribution in [2.75, 3.05) is 13.2 Å². The van der Waals surface area contributed by atoms with E-state index in [4.69, 9.17) is 19.4 Å². The summed E-state index contributed by atoms with van der Waals surface area (Å²) in [5, 5.41) is 23.6. The van der Waals surface area contributed by atoms with Crippen LogP contribution in [0.25, 0.3) is 0 Å². The smallest absolute Gasteiger partial charge is 0.464 e. The first-order valence-corrected chi connectivity index (χ1v) is 14.4. The van der Waals surface area contributed by atoms with Crippen molar-refractivity contribution < 1.29 is 56.8 Å². The van der Waals surface area contributed by atoms with E-state index in [0.29, 0.717) is 32.1 Å². The lowest BCUT2D eigenvalue weighted by Gasteiger charge is -2.28. The van der Waals surface area contributed by atoms with Crippen molar-refractivity contribution in [2.45, 2.75) is 109 Å². The predicted octanol–water partition coefficient (Wildman–Crippen LogP) is 2.65. The zero-order valence-corrected chi connectivity index (χ0v) is 24.9. The van der Waals surface area contributed by atoms with E-state index in [0.717, 1.165) is 4.90 Å².